The number of hydrogen-bond acceptors (Lipinski definition) is 4. The predicted molar refractivity (Wildman–Crippen MR) is 41.5 cm³/mol. The molecule has 5 heteroatoms. The summed E-state index contributed by atoms with van der Waals surface area (Å²) < 4.78 is 4.97. The first-order chi connectivity index (χ1) is 5.79. The molecule has 62 valence electrons. The van der Waals surface area contributed by atoms with Gasteiger partial charge >= 0.3 is 5.97 Å². The van der Waals surface area contributed by atoms with Crippen LogP contribution in [0.1, 0.15) is 15.9 Å². The Balaban J connectivity index is 2.48. The number of hydrogen-bond donors (Lipinski definition) is 2. The molecule has 1 aliphatic heterocycles. The molecular formula is C7H6N2O3. The molecule has 0 amide bonds. The fraction of sp³-hybridized carbons (Fsp3) is 0.143. The summed E-state index contributed by atoms with van der Waals surface area (Å²) in [5, 5.41) is 11.4. The van der Waals surface area contributed by atoms with Crippen LogP contribution in [0.25, 0.3) is 0 Å². The molecule has 5 nitrogen and oxygen atoms in total. The second kappa shape index (κ2) is 2.37. The highest BCUT2D eigenvalue weighted by molar-refractivity contribution is 5.92. The molecule has 0 saturated carbocycles. The van der Waals surface area contributed by atoms with Gasteiger partial charge in [0.15, 0.2) is 0 Å². The molecule has 2 rings (SSSR count). The first-order valence-corrected chi connectivity index (χ1v) is 3.37. The van der Waals surface area contributed by atoms with Gasteiger partial charge in [0, 0.05) is 0 Å². The lowest BCUT2D eigenvalue weighted by atomic mass is 10.2. The smallest absolute Gasteiger partial charge is 0.339 e. The number of aromatic carboxylic acids is 1. The third kappa shape index (κ3) is 0.868. The lowest BCUT2D eigenvalue weighted by Crippen LogP contribution is -2.06. The van der Waals surface area contributed by atoms with Crippen LogP contribution in [0.3, 0.4) is 0 Å². The van der Waals surface area contributed by atoms with Crippen LogP contribution in [0.4, 0.5) is 5.88 Å². The normalized spacial score (nSPS) is 13.7. The van der Waals surface area contributed by atoms with E-state index in [1.807, 2.05) is 0 Å². The van der Waals surface area contributed by atoms with Gasteiger partial charge in [-0.2, -0.15) is 0 Å². The summed E-state index contributed by atoms with van der Waals surface area (Å²) in [5.74, 6) is -0.513. The summed E-state index contributed by atoms with van der Waals surface area (Å²) >= 11 is 0. The number of carbonyl (C=O) groups is 1. The van der Waals surface area contributed by atoms with Gasteiger partial charge in [-0.25, -0.2) is 4.79 Å². The highest BCUT2D eigenvalue weighted by Crippen LogP contribution is 2.24. The fourth-order valence-corrected chi connectivity index (χ4v) is 1.08. The van der Waals surface area contributed by atoms with Crippen LogP contribution in [0.2, 0.25) is 0 Å². The Labute approximate surface area is 67.7 Å². The standard InChI is InChI=1S/C7H6N2O3/c10-7(11)5-2-12-6-4(5)1-8-3-9-6/h2-3H,1H2,(H,8,9)(H,10,11). The van der Waals surface area contributed by atoms with Crippen LogP contribution in [-0.4, -0.2) is 17.4 Å². The second-order valence-corrected chi connectivity index (χ2v) is 2.38. The number of carboxylic acids is 1. The number of furan rings is 1. The van der Waals surface area contributed by atoms with Crippen molar-refractivity contribution in [1.82, 2.24) is 0 Å². The van der Waals surface area contributed by atoms with Gasteiger partial charge in [-0.15, -0.1) is 0 Å². The van der Waals surface area contributed by atoms with Crippen LogP contribution >= 0.6 is 0 Å². The third-order valence-corrected chi connectivity index (χ3v) is 1.66. The molecule has 1 aliphatic rings. The van der Waals surface area contributed by atoms with Crippen molar-refractivity contribution in [3.8, 4) is 0 Å². The van der Waals surface area contributed by atoms with Crippen molar-refractivity contribution in [1.29, 1.82) is 0 Å². The van der Waals surface area contributed by atoms with Crippen molar-refractivity contribution >= 4 is 18.2 Å². The molecule has 0 fully saturated rings. The van der Waals surface area contributed by atoms with Crippen LogP contribution in [0, 0.1) is 0 Å². The molecule has 0 aliphatic carbocycles. The van der Waals surface area contributed by atoms with Gasteiger partial charge in [0.05, 0.1) is 18.4 Å². The molecule has 2 N–H and O–H groups in total. The van der Waals surface area contributed by atoms with E-state index < -0.39 is 5.97 Å². The van der Waals surface area contributed by atoms with Crippen LogP contribution in [0.15, 0.2) is 15.7 Å². The minimum Gasteiger partial charge on any atom is -0.478 e. The van der Waals surface area contributed by atoms with Crippen molar-refractivity contribution in [2.24, 2.45) is 4.99 Å². The number of rotatable bonds is 1. The summed E-state index contributed by atoms with van der Waals surface area (Å²) in [6.45, 7) is 0.362. The minimum absolute atomic E-state index is 0.175. The molecule has 12 heavy (non-hydrogen) atoms. The number of carboxylic acid groups (broad SMARTS) is 1. The molecule has 0 spiro atoms. The van der Waals surface area contributed by atoms with Gasteiger partial charge in [-0.1, -0.05) is 0 Å². The summed E-state index contributed by atoms with van der Waals surface area (Å²) in [6, 6.07) is 0. The van der Waals surface area contributed by atoms with Crippen LogP contribution in [-0.2, 0) is 6.54 Å². The van der Waals surface area contributed by atoms with Gasteiger partial charge in [-0.3, -0.25) is 4.99 Å². The van der Waals surface area contributed by atoms with E-state index in [1.165, 1.54) is 12.6 Å². The summed E-state index contributed by atoms with van der Waals surface area (Å²) in [4.78, 5) is 14.5. The van der Waals surface area contributed by atoms with E-state index in [0.29, 0.717) is 18.0 Å². The van der Waals surface area contributed by atoms with Crippen molar-refractivity contribution in [3.63, 3.8) is 0 Å². The summed E-state index contributed by atoms with van der Waals surface area (Å²) in [5.41, 5.74) is 0.777. The van der Waals surface area contributed by atoms with Crippen molar-refractivity contribution in [2.75, 3.05) is 5.32 Å². The minimum atomic E-state index is -0.987. The maximum absolute atomic E-state index is 10.6. The van der Waals surface area contributed by atoms with Gasteiger partial charge in [0.1, 0.15) is 11.8 Å². The summed E-state index contributed by atoms with van der Waals surface area (Å²) in [7, 11) is 0. The average Bonchev–Trinajstić information content (AvgIpc) is 2.47. The van der Waals surface area contributed by atoms with E-state index in [1.54, 1.807) is 0 Å². The van der Waals surface area contributed by atoms with E-state index in [9.17, 15) is 4.79 Å². The maximum Gasteiger partial charge on any atom is 0.339 e. The molecule has 2 heterocycles. The van der Waals surface area contributed by atoms with E-state index in [0.717, 1.165) is 0 Å². The lowest BCUT2D eigenvalue weighted by Gasteiger charge is -2.04. The van der Waals surface area contributed by atoms with Crippen molar-refractivity contribution in [2.45, 2.75) is 6.54 Å². The Bertz CT molecular complexity index is 354. The van der Waals surface area contributed by atoms with Crippen LogP contribution < -0.4 is 5.32 Å². The van der Waals surface area contributed by atoms with Gasteiger partial charge in [-0.05, 0) is 0 Å². The Morgan fingerprint density at radius 3 is 3.33 bits per heavy atom. The molecule has 1 aromatic heterocycles. The largest absolute Gasteiger partial charge is 0.478 e. The number of aliphatic imine (C=N–C) groups is 1. The number of nitrogens with one attached hydrogen (secondary N) is 1. The fourth-order valence-electron chi connectivity index (χ4n) is 1.08. The monoisotopic (exact) mass is 166 g/mol. The Hall–Kier alpha value is -1.78. The zero-order chi connectivity index (χ0) is 8.55. The first-order valence-electron chi connectivity index (χ1n) is 3.37. The van der Waals surface area contributed by atoms with Gasteiger partial charge < -0.3 is 14.8 Å². The zero-order valence-corrected chi connectivity index (χ0v) is 6.07. The Morgan fingerprint density at radius 1 is 1.75 bits per heavy atom. The molecule has 0 radical (unpaired) electrons. The van der Waals surface area contributed by atoms with Gasteiger partial charge in [0.25, 0.3) is 0 Å². The molecular weight excluding hydrogens is 160 g/mol. The zero-order valence-electron chi connectivity index (χ0n) is 6.07. The van der Waals surface area contributed by atoms with Crippen molar-refractivity contribution < 1.29 is 14.3 Å². The maximum atomic E-state index is 10.6. The van der Waals surface area contributed by atoms with Crippen molar-refractivity contribution in [3.05, 3.63) is 17.4 Å². The lowest BCUT2D eigenvalue weighted by molar-refractivity contribution is 0.0695. The Kier molecular flexibility index (Phi) is 1.36. The van der Waals surface area contributed by atoms with E-state index in [2.05, 4.69) is 10.3 Å². The highest BCUT2D eigenvalue weighted by atomic mass is 16.4. The Morgan fingerprint density at radius 2 is 2.58 bits per heavy atom. The van der Waals surface area contributed by atoms with Gasteiger partial charge in [0.2, 0.25) is 5.88 Å². The van der Waals surface area contributed by atoms with E-state index in [4.69, 9.17) is 9.52 Å². The number of fused-ring (bicyclic) bond motifs is 1. The highest BCUT2D eigenvalue weighted by Gasteiger charge is 2.19. The summed E-state index contributed by atoms with van der Waals surface area (Å²) in [6.07, 6.45) is 2.70. The predicted octanol–water partition coefficient (Wildman–Crippen LogP) is 0.932. The molecule has 1 aromatic rings. The average molecular weight is 166 g/mol. The number of nitrogens with zero attached hydrogens (tertiary/aromatic N) is 1. The van der Waals surface area contributed by atoms with Crippen LogP contribution in [0.5, 0.6) is 0 Å². The third-order valence-electron chi connectivity index (χ3n) is 1.66. The SMILES string of the molecule is O=C(O)c1coc2c1CN=CN2. The van der Waals surface area contributed by atoms with E-state index in [-0.39, 0.29) is 5.56 Å². The molecule has 0 aromatic carbocycles. The first kappa shape index (κ1) is 6.90. The number of anilines is 1. The quantitative estimate of drug-likeness (QED) is 0.650. The molecule has 0 bridgehead atoms. The molecule has 0 atom stereocenters. The molecule has 0 saturated heterocycles. The van der Waals surface area contributed by atoms with E-state index >= 15 is 0 Å². The molecule has 0 unspecified atom stereocenters. The topological polar surface area (TPSA) is 74.8 Å². The second-order valence-electron chi connectivity index (χ2n) is 2.38.